The summed E-state index contributed by atoms with van der Waals surface area (Å²) in [6, 6.07) is 8.93. The lowest BCUT2D eigenvalue weighted by Crippen LogP contribution is -2.53. The highest BCUT2D eigenvalue weighted by molar-refractivity contribution is 5.29. The van der Waals surface area contributed by atoms with Crippen molar-refractivity contribution in [3.8, 4) is 0 Å². The lowest BCUT2D eigenvalue weighted by atomic mass is 9.83. The third-order valence-electron chi connectivity index (χ3n) is 4.45. The first-order valence-electron chi connectivity index (χ1n) is 7.57. The molecule has 1 aromatic carbocycles. The van der Waals surface area contributed by atoms with Crippen molar-refractivity contribution in [3.63, 3.8) is 0 Å². The summed E-state index contributed by atoms with van der Waals surface area (Å²) in [5.74, 6) is 6.55. The summed E-state index contributed by atoms with van der Waals surface area (Å²) < 4.78 is 0. The van der Waals surface area contributed by atoms with E-state index in [1.807, 2.05) is 0 Å². The van der Waals surface area contributed by atoms with Gasteiger partial charge in [-0.05, 0) is 50.9 Å². The fraction of sp³-hybridized carbons (Fsp3) is 0.647. The Morgan fingerprint density at radius 3 is 2.40 bits per heavy atom. The van der Waals surface area contributed by atoms with Gasteiger partial charge in [0.15, 0.2) is 0 Å². The van der Waals surface area contributed by atoms with Gasteiger partial charge in [-0.15, -0.1) is 0 Å². The molecule has 0 aromatic heterocycles. The second kappa shape index (κ2) is 7.21. The summed E-state index contributed by atoms with van der Waals surface area (Å²) in [4.78, 5) is 2.26. The van der Waals surface area contributed by atoms with Gasteiger partial charge in [-0.1, -0.05) is 45.0 Å². The van der Waals surface area contributed by atoms with Crippen LogP contribution in [-0.2, 0) is 6.42 Å². The van der Waals surface area contributed by atoms with Gasteiger partial charge >= 0.3 is 0 Å². The molecule has 0 aliphatic heterocycles. The molecule has 0 spiro atoms. The number of hydrogen-bond acceptors (Lipinski definition) is 3. The van der Waals surface area contributed by atoms with Crippen molar-refractivity contribution < 1.29 is 0 Å². The molecule has 3 heteroatoms. The Morgan fingerprint density at radius 1 is 1.30 bits per heavy atom. The summed E-state index contributed by atoms with van der Waals surface area (Å²) in [7, 11) is 4.23. The van der Waals surface area contributed by atoms with Crippen LogP contribution in [0.4, 0.5) is 0 Å². The topological polar surface area (TPSA) is 41.3 Å². The molecule has 3 nitrogen and oxygen atoms in total. The number of benzene rings is 1. The molecule has 114 valence electrons. The number of nitrogens with zero attached hydrogens (tertiary/aromatic N) is 1. The normalized spacial score (nSPS) is 16.4. The van der Waals surface area contributed by atoms with E-state index in [1.54, 1.807) is 0 Å². The largest absolute Gasteiger partial charge is 0.302 e. The monoisotopic (exact) mass is 277 g/mol. The molecule has 0 radical (unpaired) electrons. The Kier molecular flexibility index (Phi) is 6.18. The summed E-state index contributed by atoms with van der Waals surface area (Å²) in [5, 5.41) is 0. The van der Waals surface area contributed by atoms with Crippen LogP contribution < -0.4 is 11.3 Å². The number of likely N-dealkylation sites (N-methyl/N-ethyl adjacent to an activating group) is 1. The molecule has 0 aliphatic carbocycles. The molecule has 20 heavy (non-hydrogen) atoms. The maximum atomic E-state index is 5.88. The molecule has 0 saturated carbocycles. The van der Waals surface area contributed by atoms with Crippen LogP contribution in [0.5, 0.6) is 0 Å². The molecule has 1 aromatic rings. The zero-order valence-corrected chi connectivity index (χ0v) is 13.9. The van der Waals surface area contributed by atoms with E-state index in [2.05, 4.69) is 76.4 Å². The Balaban J connectivity index is 3.12. The summed E-state index contributed by atoms with van der Waals surface area (Å²) in [6.07, 6.45) is 2.14. The molecule has 0 aliphatic rings. The fourth-order valence-electron chi connectivity index (χ4n) is 2.78. The van der Waals surface area contributed by atoms with Crippen LogP contribution in [0.15, 0.2) is 24.3 Å². The Bertz CT molecular complexity index is 414. The van der Waals surface area contributed by atoms with E-state index in [9.17, 15) is 0 Å². The van der Waals surface area contributed by atoms with Gasteiger partial charge in [-0.3, -0.25) is 11.3 Å². The van der Waals surface area contributed by atoms with Gasteiger partial charge in [0.25, 0.3) is 0 Å². The van der Waals surface area contributed by atoms with Crippen molar-refractivity contribution in [2.24, 2.45) is 11.8 Å². The van der Waals surface area contributed by atoms with E-state index < -0.39 is 0 Å². The summed E-state index contributed by atoms with van der Waals surface area (Å²) in [5.41, 5.74) is 5.67. The van der Waals surface area contributed by atoms with Gasteiger partial charge in [0.1, 0.15) is 0 Å². The molecule has 2 atom stereocenters. The van der Waals surface area contributed by atoms with E-state index >= 15 is 0 Å². The summed E-state index contributed by atoms with van der Waals surface area (Å²) >= 11 is 0. The van der Waals surface area contributed by atoms with E-state index in [-0.39, 0.29) is 11.6 Å². The molecular weight excluding hydrogens is 246 g/mol. The average molecular weight is 277 g/mol. The number of rotatable bonds is 7. The Hall–Kier alpha value is -0.900. The van der Waals surface area contributed by atoms with E-state index in [0.717, 1.165) is 12.8 Å². The number of nitrogens with two attached hydrogens (primary N) is 1. The maximum absolute atomic E-state index is 5.88. The first-order valence-corrected chi connectivity index (χ1v) is 7.57. The van der Waals surface area contributed by atoms with Crippen LogP contribution in [-0.4, -0.2) is 24.5 Å². The smallest absolute Gasteiger partial charge is 0.0641 e. The first kappa shape index (κ1) is 17.2. The second-order valence-corrected chi connectivity index (χ2v) is 6.55. The number of nitrogens with one attached hydrogen (secondary N) is 1. The van der Waals surface area contributed by atoms with Crippen molar-refractivity contribution in [1.29, 1.82) is 0 Å². The highest BCUT2D eigenvalue weighted by Crippen LogP contribution is 2.32. The molecule has 1 rings (SSSR count). The molecular formula is C17H31N3. The Labute approximate surface area is 124 Å². The predicted molar refractivity (Wildman–Crippen MR) is 87.4 cm³/mol. The average Bonchev–Trinajstić information content (AvgIpc) is 2.38. The van der Waals surface area contributed by atoms with Gasteiger partial charge in [-0.25, -0.2) is 0 Å². The lowest BCUT2D eigenvalue weighted by molar-refractivity contribution is 0.113. The van der Waals surface area contributed by atoms with E-state index in [1.165, 1.54) is 11.1 Å². The van der Waals surface area contributed by atoms with Crippen LogP contribution in [0.1, 0.15) is 51.3 Å². The standard InChI is InChI=1S/C17H31N3/c1-7-17(4,20(5)6)16(19-18)15-10-8-9-14(12-15)11-13(2)3/h8-10,12-13,16,19H,7,11,18H2,1-6H3. The van der Waals surface area contributed by atoms with Crippen molar-refractivity contribution in [2.45, 2.75) is 52.1 Å². The minimum Gasteiger partial charge on any atom is -0.302 e. The third-order valence-corrected chi connectivity index (χ3v) is 4.45. The molecule has 0 saturated heterocycles. The lowest BCUT2D eigenvalue weighted by Gasteiger charge is -2.42. The van der Waals surface area contributed by atoms with Gasteiger partial charge in [-0.2, -0.15) is 0 Å². The van der Waals surface area contributed by atoms with Crippen molar-refractivity contribution in [2.75, 3.05) is 14.1 Å². The van der Waals surface area contributed by atoms with Crippen LogP contribution in [0.2, 0.25) is 0 Å². The van der Waals surface area contributed by atoms with Gasteiger partial charge in [0.2, 0.25) is 0 Å². The van der Waals surface area contributed by atoms with Crippen LogP contribution >= 0.6 is 0 Å². The minimum absolute atomic E-state index is 0.00873. The van der Waals surface area contributed by atoms with Crippen LogP contribution in [0, 0.1) is 5.92 Å². The van der Waals surface area contributed by atoms with Crippen molar-refractivity contribution in [1.82, 2.24) is 10.3 Å². The highest BCUT2D eigenvalue weighted by atomic mass is 15.3. The number of hydrazine groups is 1. The van der Waals surface area contributed by atoms with Gasteiger partial charge in [0.05, 0.1) is 6.04 Å². The van der Waals surface area contributed by atoms with Crippen molar-refractivity contribution >= 4 is 0 Å². The molecule has 0 heterocycles. The van der Waals surface area contributed by atoms with Gasteiger partial charge in [0, 0.05) is 5.54 Å². The third kappa shape index (κ3) is 3.81. The van der Waals surface area contributed by atoms with Crippen LogP contribution in [0.25, 0.3) is 0 Å². The second-order valence-electron chi connectivity index (χ2n) is 6.55. The van der Waals surface area contributed by atoms with Gasteiger partial charge < -0.3 is 4.90 Å². The van der Waals surface area contributed by atoms with E-state index in [4.69, 9.17) is 5.84 Å². The van der Waals surface area contributed by atoms with Crippen molar-refractivity contribution in [3.05, 3.63) is 35.4 Å². The maximum Gasteiger partial charge on any atom is 0.0641 e. The molecule has 0 fully saturated rings. The summed E-state index contributed by atoms with van der Waals surface area (Å²) in [6.45, 7) is 8.97. The highest BCUT2D eigenvalue weighted by Gasteiger charge is 2.35. The Morgan fingerprint density at radius 2 is 1.95 bits per heavy atom. The van der Waals surface area contributed by atoms with E-state index in [0.29, 0.717) is 5.92 Å². The zero-order chi connectivity index (χ0) is 15.3. The quantitative estimate of drug-likeness (QED) is 0.594. The van der Waals surface area contributed by atoms with Crippen LogP contribution in [0.3, 0.4) is 0 Å². The molecule has 0 amide bonds. The fourth-order valence-corrected chi connectivity index (χ4v) is 2.78. The molecule has 0 bridgehead atoms. The predicted octanol–water partition coefficient (Wildman–Crippen LogP) is 3.12. The molecule has 3 N–H and O–H groups in total. The number of hydrogen-bond donors (Lipinski definition) is 2. The first-order chi connectivity index (χ1) is 9.35. The SMILES string of the molecule is CCC(C)(C(NN)c1cccc(CC(C)C)c1)N(C)C. The molecule has 2 unspecified atom stereocenters. The zero-order valence-electron chi connectivity index (χ0n) is 13.9. The minimum atomic E-state index is -0.00873.